The van der Waals surface area contributed by atoms with Gasteiger partial charge in [-0.1, -0.05) is 13.3 Å². The normalized spacial score (nSPS) is 30.6. The molecule has 5 heteroatoms. The minimum Gasteiger partial charge on any atom is -0.479 e. The van der Waals surface area contributed by atoms with E-state index in [4.69, 9.17) is 4.74 Å². The molecule has 0 amide bonds. The van der Waals surface area contributed by atoms with E-state index in [0.717, 1.165) is 18.1 Å². The Bertz CT molecular complexity index is 437. The fourth-order valence-corrected chi connectivity index (χ4v) is 2.94. The standard InChI is InChI=1S/C12H18N4O/c1-12-5-3-4-8(12)16-10-9(13-6-12)11(17-2)15-7-14-10/h7-8,13H,3-6H2,1-2H3,(H,14,15,16). The van der Waals surface area contributed by atoms with Crippen LogP contribution in [0.1, 0.15) is 26.2 Å². The number of anilines is 2. The van der Waals surface area contributed by atoms with E-state index >= 15 is 0 Å². The Kier molecular flexibility index (Phi) is 2.34. The Morgan fingerprint density at radius 1 is 1.47 bits per heavy atom. The number of methoxy groups -OCH3 is 1. The second-order valence-electron chi connectivity index (χ2n) is 5.20. The molecule has 2 N–H and O–H groups in total. The summed E-state index contributed by atoms with van der Waals surface area (Å²) in [5.41, 5.74) is 1.19. The van der Waals surface area contributed by atoms with Crippen LogP contribution in [0.2, 0.25) is 0 Å². The first-order chi connectivity index (χ1) is 8.23. The molecule has 0 saturated heterocycles. The fourth-order valence-electron chi connectivity index (χ4n) is 2.94. The molecule has 2 aliphatic rings. The van der Waals surface area contributed by atoms with Crippen LogP contribution in [-0.4, -0.2) is 29.7 Å². The topological polar surface area (TPSA) is 59.1 Å². The predicted molar refractivity (Wildman–Crippen MR) is 66.4 cm³/mol. The molecule has 3 rings (SSSR count). The van der Waals surface area contributed by atoms with Crippen molar-refractivity contribution >= 4 is 11.5 Å². The van der Waals surface area contributed by atoms with Crippen LogP contribution in [-0.2, 0) is 0 Å². The first-order valence-corrected chi connectivity index (χ1v) is 6.12. The van der Waals surface area contributed by atoms with Crippen molar-refractivity contribution in [1.82, 2.24) is 9.97 Å². The van der Waals surface area contributed by atoms with Gasteiger partial charge >= 0.3 is 0 Å². The lowest BCUT2D eigenvalue weighted by atomic mass is 9.85. The van der Waals surface area contributed by atoms with Crippen molar-refractivity contribution in [2.24, 2.45) is 5.41 Å². The zero-order chi connectivity index (χ0) is 11.9. The molecule has 2 atom stereocenters. The molecule has 0 bridgehead atoms. The van der Waals surface area contributed by atoms with Crippen molar-refractivity contribution in [2.75, 3.05) is 24.3 Å². The second-order valence-corrected chi connectivity index (χ2v) is 5.20. The third kappa shape index (κ3) is 1.61. The Labute approximate surface area is 101 Å². The van der Waals surface area contributed by atoms with Crippen LogP contribution in [0.5, 0.6) is 5.88 Å². The molecule has 1 aliphatic carbocycles. The van der Waals surface area contributed by atoms with Crippen molar-refractivity contribution < 1.29 is 4.74 Å². The van der Waals surface area contributed by atoms with E-state index in [-0.39, 0.29) is 0 Å². The lowest BCUT2D eigenvalue weighted by Crippen LogP contribution is -2.36. The average molecular weight is 234 g/mol. The molecule has 1 saturated carbocycles. The maximum Gasteiger partial charge on any atom is 0.242 e. The van der Waals surface area contributed by atoms with Crippen LogP contribution in [0.4, 0.5) is 11.5 Å². The van der Waals surface area contributed by atoms with Gasteiger partial charge in [0.2, 0.25) is 5.88 Å². The highest BCUT2D eigenvalue weighted by molar-refractivity contribution is 5.71. The van der Waals surface area contributed by atoms with Crippen LogP contribution in [0.3, 0.4) is 0 Å². The van der Waals surface area contributed by atoms with E-state index in [2.05, 4.69) is 27.5 Å². The zero-order valence-electron chi connectivity index (χ0n) is 10.3. The number of fused-ring (bicyclic) bond motifs is 2. The summed E-state index contributed by atoms with van der Waals surface area (Å²) in [7, 11) is 1.64. The van der Waals surface area contributed by atoms with Gasteiger partial charge in [-0.2, -0.15) is 4.98 Å². The molecule has 92 valence electrons. The SMILES string of the molecule is COc1ncnc2c1NCC1(C)CCCC1N2. The molecular weight excluding hydrogens is 216 g/mol. The van der Waals surface area contributed by atoms with Gasteiger partial charge in [0.25, 0.3) is 0 Å². The van der Waals surface area contributed by atoms with E-state index in [1.165, 1.54) is 19.3 Å². The minimum atomic E-state index is 0.297. The Morgan fingerprint density at radius 2 is 2.35 bits per heavy atom. The van der Waals surface area contributed by atoms with Crippen LogP contribution in [0.15, 0.2) is 6.33 Å². The molecule has 1 aromatic heterocycles. The van der Waals surface area contributed by atoms with Crippen LogP contribution in [0.25, 0.3) is 0 Å². The lowest BCUT2D eigenvalue weighted by molar-refractivity contribution is 0.335. The van der Waals surface area contributed by atoms with Crippen molar-refractivity contribution in [3.05, 3.63) is 6.33 Å². The Balaban J connectivity index is 1.99. The maximum absolute atomic E-state index is 5.27. The molecule has 1 fully saturated rings. The van der Waals surface area contributed by atoms with E-state index in [0.29, 0.717) is 17.3 Å². The van der Waals surface area contributed by atoms with Gasteiger partial charge in [-0.15, -0.1) is 0 Å². The number of hydrogen-bond donors (Lipinski definition) is 2. The molecule has 1 aliphatic heterocycles. The van der Waals surface area contributed by atoms with Gasteiger partial charge in [-0.05, 0) is 12.8 Å². The average Bonchev–Trinajstić information content (AvgIpc) is 2.63. The van der Waals surface area contributed by atoms with Crippen molar-refractivity contribution in [1.29, 1.82) is 0 Å². The van der Waals surface area contributed by atoms with E-state index < -0.39 is 0 Å². The van der Waals surface area contributed by atoms with Gasteiger partial charge < -0.3 is 15.4 Å². The number of ether oxygens (including phenoxy) is 1. The van der Waals surface area contributed by atoms with Gasteiger partial charge in [-0.3, -0.25) is 0 Å². The van der Waals surface area contributed by atoms with E-state index in [9.17, 15) is 0 Å². The van der Waals surface area contributed by atoms with E-state index in [1.54, 1.807) is 13.4 Å². The molecule has 5 nitrogen and oxygen atoms in total. The highest BCUT2D eigenvalue weighted by atomic mass is 16.5. The molecular formula is C12H18N4O. The Hall–Kier alpha value is -1.52. The number of aromatic nitrogens is 2. The van der Waals surface area contributed by atoms with Gasteiger partial charge in [0.05, 0.1) is 7.11 Å². The summed E-state index contributed by atoms with van der Waals surface area (Å²) >= 11 is 0. The molecule has 0 aromatic carbocycles. The molecule has 2 heterocycles. The summed E-state index contributed by atoms with van der Waals surface area (Å²) in [5, 5.41) is 6.99. The first kappa shape index (κ1) is 10.6. The first-order valence-electron chi connectivity index (χ1n) is 6.12. The van der Waals surface area contributed by atoms with Gasteiger partial charge in [0, 0.05) is 18.0 Å². The van der Waals surface area contributed by atoms with E-state index in [1.807, 2.05) is 0 Å². The van der Waals surface area contributed by atoms with Crippen molar-refractivity contribution in [3.8, 4) is 5.88 Å². The summed E-state index contributed by atoms with van der Waals surface area (Å²) in [6.07, 6.45) is 5.29. The largest absolute Gasteiger partial charge is 0.479 e. The van der Waals surface area contributed by atoms with Gasteiger partial charge in [0.15, 0.2) is 5.82 Å². The number of nitrogens with zero attached hydrogens (tertiary/aromatic N) is 2. The molecule has 0 spiro atoms. The number of hydrogen-bond acceptors (Lipinski definition) is 5. The number of nitrogens with one attached hydrogen (secondary N) is 2. The maximum atomic E-state index is 5.27. The van der Waals surface area contributed by atoms with Crippen molar-refractivity contribution in [3.63, 3.8) is 0 Å². The summed E-state index contributed by atoms with van der Waals surface area (Å²) in [6, 6.07) is 0.496. The molecule has 2 unspecified atom stereocenters. The minimum absolute atomic E-state index is 0.297. The summed E-state index contributed by atoms with van der Waals surface area (Å²) in [4.78, 5) is 8.45. The highest BCUT2D eigenvalue weighted by Crippen LogP contribution is 2.44. The predicted octanol–water partition coefficient (Wildman–Crippen LogP) is 1.88. The van der Waals surface area contributed by atoms with Crippen molar-refractivity contribution in [2.45, 2.75) is 32.2 Å². The van der Waals surface area contributed by atoms with Gasteiger partial charge in [0.1, 0.15) is 12.0 Å². The second kappa shape index (κ2) is 3.75. The Morgan fingerprint density at radius 3 is 3.18 bits per heavy atom. The third-order valence-electron chi connectivity index (χ3n) is 4.07. The summed E-state index contributed by atoms with van der Waals surface area (Å²) < 4.78 is 5.27. The van der Waals surface area contributed by atoms with Crippen LogP contribution < -0.4 is 15.4 Å². The fraction of sp³-hybridized carbons (Fsp3) is 0.667. The summed E-state index contributed by atoms with van der Waals surface area (Å²) in [5.74, 6) is 1.48. The van der Waals surface area contributed by atoms with Crippen LogP contribution >= 0.6 is 0 Å². The summed E-state index contributed by atoms with van der Waals surface area (Å²) in [6.45, 7) is 3.28. The molecule has 1 aromatic rings. The smallest absolute Gasteiger partial charge is 0.242 e. The molecule has 0 radical (unpaired) electrons. The highest BCUT2D eigenvalue weighted by Gasteiger charge is 2.41. The van der Waals surface area contributed by atoms with Crippen LogP contribution in [0, 0.1) is 5.41 Å². The molecule has 17 heavy (non-hydrogen) atoms. The lowest BCUT2D eigenvalue weighted by Gasteiger charge is -2.29. The monoisotopic (exact) mass is 234 g/mol. The quantitative estimate of drug-likeness (QED) is 0.777. The zero-order valence-corrected chi connectivity index (χ0v) is 10.3. The van der Waals surface area contributed by atoms with Gasteiger partial charge in [-0.25, -0.2) is 4.98 Å². The third-order valence-corrected chi connectivity index (χ3v) is 4.07. The number of rotatable bonds is 1.